The van der Waals surface area contributed by atoms with E-state index in [2.05, 4.69) is 0 Å². The highest BCUT2D eigenvalue weighted by molar-refractivity contribution is 7.98. The summed E-state index contributed by atoms with van der Waals surface area (Å²) >= 11 is 1.47. The van der Waals surface area contributed by atoms with Gasteiger partial charge in [0.05, 0.1) is 0 Å². The number of hydrogen-bond acceptors (Lipinski definition) is 6. The first kappa shape index (κ1) is 17.9. The minimum absolute atomic E-state index is 0.0768. The lowest BCUT2D eigenvalue weighted by atomic mass is 10.1. The van der Waals surface area contributed by atoms with Gasteiger partial charge in [0.25, 0.3) is 0 Å². The van der Waals surface area contributed by atoms with E-state index in [1.54, 1.807) is 0 Å². The summed E-state index contributed by atoms with van der Waals surface area (Å²) in [6, 6.07) is 4.24. The van der Waals surface area contributed by atoms with Crippen LogP contribution in [0.1, 0.15) is 23.6 Å². The first-order valence-electron chi connectivity index (χ1n) is 7.19. The Morgan fingerprint density at radius 3 is 2.46 bits per heavy atom. The number of aromatic hydroxyl groups is 4. The summed E-state index contributed by atoms with van der Waals surface area (Å²) in [5.41, 5.74) is 0.708. The molecule has 0 aliphatic rings. The van der Waals surface area contributed by atoms with Gasteiger partial charge in [-0.15, -0.1) is 0 Å². The Morgan fingerprint density at radius 1 is 1.17 bits per heavy atom. The van der Waals surface area contributed by atoms with Crippen LogP contribution in [-0.4, -0.2) is 48.1 Å². The van der Waals surface area contributed by atoms with E-state index < -0.39 is 12.0 Å². The van der Waals surface area contributed by atoms with Crippen LogP contribution in [0.25, 0.3) is 0 Å². The topological polar surface area (TPSA) is 123 Å². The number of hydrogen-bond donors (Lipinski definition) is 5. The van der Waals surface area contributed by atoms with E-state index in [0.29, 0.717) is 11.3 Å². The number of phenolic OH excluding ortho intramolecular Hbond substituents is 2. The molecule has 5 N–H and O–H groups in total. The van der Waals surface area contributed by atoms with Gasteiger partial charge in [-0.25, -0.2) is 4.79 Å². The number of aromatic nitrogens is 1. The fourth-order valence-corrected chi connectivity index (χ4v) is 2.95. The molecule has 0 fully saturated rings. The van der Waals surface area contributed by atoms with Gasteiger partial charge < -0.3 is 25.5 Å². The highest BCUT2D eigenvalue weighted by Crippen LogP contribution is 2.36. The van der Waals surface area contributed by atoms with E-state index in [4.69, 9.17) is 0 Å². The fraction of sp³-hybridized carbons (Fsp3) is 0.312. The van der Waals surface area contributed by atoms with Gasteiger partial charge in [-0.3, -0.25) is 4.57 Å². The van der Waals surface area contributed by atoms with Crippen molar-refractivity contribution in [2.24, 2.45) is 0 Å². The number of nitrogens with zero attached hydrogens (tertiary/aromatic N) is 1. The molecule has 0 radical (unpaired) electrons. The van der Waals surface area contributed by atoms with Crippen molar-refractivity contribution >= 4 is 17.7 Å². The normalized spacial score (nSPS) is 12.2. The van der Waals surface area contributed by atoms with E-state index in [9.17, 15) is 30.3 Å². The average Bonchev–Trinajstić information content (AvgIpc) is 2.78. The molecule has 1 aromatic carbocycles. The van der Waals surface area contributed by atoms with Crippen molar-refractivity contribution in [3.05, 3.63) is 35.4 Å². The fourth-order valence-electron chi connectivity index (χ4n) is 2.49. The maximum Gasteiger partial charge on any atom is 0.326 e. The number of aliphatic carboxylic acids is 1. The molecule has 2 rings (SSSR count). The third kappa shape index (κ3) is 3.70. The van der Waals surface area contributed by atoms with E-state index in [1.807, 2.05) is 6.26 Å². The van der Waals surface area contributed by atoms with Gasteiger partial charge in [-0.05, 0) is 30.1 Å². The number of carboxylic acids is 1. The Labute approximate surface area is 142 Å². The zero-order valence-electron chi connectivity index (χ0n) is 13.0. The van der Waals surface area contributed by atoms with Crippen molar-refractivity contribution in [1.29, 1.82) is 0 Å². The lowest BCUT2D eigenvalue weighted by Crippen LogP contribution is -2.19. The molecule has 8 heteroatoms. The Morgan fingerprint density at radius 2 is 1.88 bits per heavy atom. The molecule has 2 aromatic rings. The van der Waals surface area contributed by atoms with Gasteiger partial charge in [0.2, 0.25) is 0 Å². The van der Waals surface area contributed by atoms with Crippen LogP contribution in [0.15, 0.2) is 24.3 Å². The Kier molecular flexibility index (Phi) is 5.50. The molecule has 0 aliphatic carbocycles. The van der Waals surface area contributed by atoms with Gasteiger partial charge in [-0.1, -0.05) is 6.07 Å². The van der Waals surface area contributed by atoms with Crippen LogP contribution >= 0.6 is 11.8 Å². The molecule has 0 saturated carbocycles. The zero-order chi connectivity index (χ0) is 17.9. The van der Waals surface area contributed by atoms with Crippen LogP contribution < -0.4 is 0 Å². The monoisotopic (exact) mass is 353 g/mol. The molecule has 0 spiro atoms. The Hall–Kier alpha value is -2.48. The quantitative estimate of drug-likeness (QED) is 0.517. The molecular formula is C16H19NO6S. The molecule has 0 amide bonds. The van der Waals surface area contributed by atoms with Crippen LogP contribution in [0.4, 0.5) is 0 Å². The maximum atomic E-state index is 11.4. The molecule has 1 unspecified atom stereocenters. The van der Waals surface area contributed by atoms with Crippen molar-refractivity contribution in [3.8, 4) is 23.3 Å². The second kappa shape index (κ2) is 7.39. The minimum atomic E-state index is -1.15. The summed E-state index contributed by atoms with van der Waals surface area (Å²) in [4.78, 5) is 11.4. The molecular weight excluding hydrogens is 334 g/mol. The lowest BCUT2D eigenvalue weighted by molar-refractivity contribution is -0.141. The Balaban J connectivity index is 2.35. The summed E-state index contributed by atoms with van der Waals surface area (Å²) in [6.07, 6.45) is 2.16. The van der Waals surface area contributed by atoms with Crippen LogP contribution in [0.3, 0.4) is 0 Å². The van der Waals surface area contributed by atoms with E-state index in [1.165, 1.54) is 36.0 Å². The summed E-state index contributed by atoms with van der Waals surface area (Å²) in [6.45, 7) is 0. The summed E-state index contributed by atoms with van der Waals surface area (Å²) in [5.74, 6) is -1.54. The van der Waals surface area contributed by atoms with Gasteiger partial charge in [0.15, 0.2) is 11.8 Å². The second-order valence-corrected chi connectivity index (χ2v) is 6.33. The highest BCUT2D eigenvalue weighted by Gasteiger charge is 2.27. The molecule has 7 nitrogen and oxygen atoms in total. The predicted octanol–water partition coefficient (Wildman–Crippen LogP) is 2.28. The largest absolute Gasteiger partial charge is 0.508 e. The molecule has 130 valence electrons. The van der Waals surface area contributed by atoms with E-state index >= 15 is 0 Å². The number of thioether (sulfide) groups is 1. The van der Waals surface area contributed by atoms with Gasteiger partial charge in [0, 0.05) is 24.1 Å². The van der Waals surface area contributed by atoms with Crippen LogP contribution in [0.5, 0.6) is 23.3 Å². The van der Waals surface area contributed by atoms with Gasteiger partial charge >= 0.3 is 5.97 Å². The highest BCUT2D eigenvalue weighted by atomic mass is 32.2. The Bertz CT molecular complexity index is 742. The molecule has 1 heterocycles. The van der Waals surface area contributed by atoms with E-state index in [-0.39, 0.29) is 41.7 Å². The number of phenols is 2. The average molecular weight is 353 g/mol. The third-order valence-corrected chi connectivity index (χ3v) is 4.35. The number of rotatable bonds is 7. The SMILES string of the molecule is CSCCC(C(=O)O)n1c(O)cc(Cc2ccc(O)cc2O)c1O. The molecule has 1 atom stereocenters. The zero-order valence-corrected chi connectivity index (χ0v) is 13.8. The van der Waals surface area contributed by atoms with Crippen molar-refractivity contribution in [1.82, 2.24) is 4.57 Å². The minimum Gasteiger partial charge on any atom is -0.508 e. The smallest absolute Gasteiger partial charge is 0.326 e. The van der Waals surface area contributed by atoms with E-state index in [0.717, 1.165) is 4.57 Å². The molecule has 0 aliphatic heterocycles. The molecule has 1 aromatic heterocycles. The summed E-state index contributed by atoms with van der Waals surface area (Å²) in [7, 11) is 0. The predicted molar refractivity (Wildman–Crippen MR) is 90.0 cm³/mol. The number of carboxylic acid groups (broad SMARTS) is 1. The summed E-state index contributed by atoms with van der Waals surface area (Å²) in [5, 5.41) is 48.9. The first-order valence-corrected chi connectivity index (χ1v) is 8.59. The first-order chi connectivity index (χ1) is 11.3. The lowest BCUT2D eigenvalue weighted by Gasteiger charge is -2.16. The molecule has 24 heavy (non-hydrogen) atoms. The van der Waals surface area contributed by atoms with Crippen molar-refractivity contribution in [2.75, 3.05) is 12.0 Å². The van der Waals surface area contributed by atoms with Crippen LogP contribution in [0, 0.1) is 0 Å². The van der Waals surface area contributed by atoms with Gasteiger partial charge in [0.1, 0.15) is 17.5 Å². The molecule has 0 saturated heterocycles. The number of benzene rings is 1. The van der Waals surface area contributed by atoms with Gasteiger partial charge in [-0.2, -0.15) is 11.8 Å². The van der Waals surface area contributed by atoms with Crippen molar-refractivity contribution < 1.29 is 30.3 Å². The molecule has 0 bridgehead atoms. The van der Waals surface area contributed by atoms with Crippen LogP contribution in [-0.2, 0) is 11.2 Å². The maximum absolute atomic E-state index is 11.4. The standard InChI is InChI=1S/C16H19NO6S/c1-24-5-4-12(16(22)23)17-14(20)7-10(15(17)21)6-9-2-3-11(18)8-13(9)19/h2-3,7-8,12,18-21H,4-6H2,1H3,(H,22,23). The van der Waals surface area contributed by atoms with Crippen molar-refractivity contribution in [3.63, 3.8) is 0 Å². The van der Waals surface area contributed by atoms with Crippen LogP contribution in [0.2, 0.25) is 0 Å². The second-order valence-electron chi connectivity index (χ2n) is 5.35. The van der Waals surface area contributed by atoms with Crippen molar-refractivity contribution in [2.45, 2.75) is 18.9 Å². The third-order valence-electron chi connectivity index (χ3n) is 3.71. The number of carbonyl (C=O) groups is 1. The summed E-state index contributed by atoms with van der Waals surface area (Å²) < 4.78 is 0.978.